The zero-order valence-electron chi connectivity index (χ0n) is 15.6. The van der Waals surface area contributed by atoms with Gasteiger partial charge < -0.3 is 14.2 Å². The summed E-state index contributed by atoms with van der Waals surface area (Å²) < 4.78 is 10.5. The Labute approximate surface area is 158 Å². The van der Waals surface area contributed by atoms with E-state index in [1.54, 1.807) is 31.4 Å². The van der Waals surface area contributed by atoms with Gasteiger partial charge in [0.1, 0.15) is 5.75 Å². The van der Waals surface area contributed by atoms with Gasteiger partial charge in [-0.05, 0) is 30.7 Å². The predicted molar refractivity (Wildman–Crippen MR) is 103 cm³/mol. The van der Waals surface area contributed by atoms with E-state index >= 15 is 0 Å². The number of hydrogen-bond acceptors (Lipinski definition) is 5. The lowest BCUT2D eigenvalue weighted by molar-refractivity contribution is 0.0754. The van der Waals surface area contributed by atoms with Crippen LogP contribution in [0.5, 0.6) is 5.75 Å². The van der Waals surface area contributed by atoms with E-state index in [0.29, 0.717) is 36.8 Å². The summed E-state index contributed by atoms with van der Waals surface area (Å²) in [4.78, 5) is 19.0. The van der Waals surface area contributed by atoms with Gasteiger partial charge >= 0.3 is 0 Å². The van der Waals surface area contributed by atoms with Crippen molar-refractivity contribution in [1.29, 1.82) is 0 Å². The number of carbonyl (C=O) groups excluding carboxylic acids is 1. The van der Waals surface area contributed by atoms with E-state index in [0.717, 1.165) is 17.7 Å². The Morgan fingerprint density at radius 1 is 1.07 bits per heavy atom. The normalized spacial score (nSPS) is 10.6. The molecule has 0 saturated carbocycles. The minimum absolute atomic E-state index is 0.0118. The number of amides is 1. The van der Waals surface area contributed by atoms with E-state index in [2.05, 4.69) is 17.1 Å². The Morgan fingerprint density at radius 2 is 1.81 bits per heavy atom. The SMILES string of the molecule is CCCN(CCc1nc(-c2ccccc2)no1)C(=O)c1ccc(OC)cc1. The van der Waals surface area contributed by atoms with Crippen LogP contribution in [-0.2, 0) is 6.42 Å². The zero-order chi connectivity index (χ0) is 19.1. The average Bonchev–Trinajstić information content (AvgIpc) is 3.20. The summed E-state index contributed by atoms with van der Waals surface area (Å²) in [6, 6.07) is 16.8. The van der Waals surface area contributed by atoms with Gasteiger partial charge in [0.2, 0.25) is 11.7 Å². The number of carbonyl (C=O) groups is 1. The summed E-state index contributed by atoms with van der Waals surface area (Å²) in [5.74, 6) is 1.81. The Morgan fingerprint density at radius 3 is 2.48 bits per heavy atom. The number of hydrogen-bond donors (Lipinski definition) is 0. The second-order valence-electron chi connectivity index (χ2n) is 6.15. The summed E-state index contributed by atoms with van der Waals surface area (Å²) in [7, 11) is 1.61. The first-order valence-electron chi connectivity index (χ1n) is 9.02. The lowest BCUT2D eigenvalue weighted by Crippen LogP contribution is -2.33. The highest BCUT2D eigenvalue weighted by Crippen LogP contribution is 2.16. The number of benzene rings is 2. The third kappa shape index (κ3) is 4.73. The molecule has 2 aromatic carbocycles. The molecule has 6 nitrogen and oxygen atoms in total. The van der Waals surface area contributed by atoms with Crippen molar-refractivity contribution in [2.45, 2.75) is 19.8 Å². The third-order valence-corrected chi connectivity index (χ3v) is 4.21. The van der Waals surface area contributed by atoms with Crippen molar-refractivity contribution in [3.8, 4) is 17.1 Å². The molecule has 1 aromatic heterocycles. The standard InChI is InChI=1S/C21H23N3O3/c1-3-14-24(21(25)17-9-11-18(26-2)12-10-17)15-13-19-22-20(23-27-19)16-7-5-4-6-8-16/h4-12H,3,13-15H2,1-2H3. The van der Waals surface area contributed by atoms with E-state index in [4.69, 9.17) is 9.26 Å². The molecule has 1 amide bonds. The van der Waals surface area contributed by atoms with Gasteiger partial charge in [0.15, 0.2) is 0 Å². The van der Waals surface area contributed by atoms with Gasteiger partial charge in [0.25, 0.3) is 5.91 Å². The fourth-order valence-corrected chi connectivity index (χ4v) is 2.79. The Bertz CT molecular complexity index is 860. The van der Waals surface area contributed by atoms with Crippen molar-refractivity contribution in [2.75, 3.05) is 20.2 Å². The van der Waals surface area contributed by atoms with Gasteiger partial charge in [-0.25, -0.2) is 0 Å². The zero-order valence-corrected chi connectivity index (χ0v) is 15.6. The summed E-state index contributed by atoms with van der Waals surface area (Å²) in [6.45, 7) is 3.24. The Balaban J connectivity index is 1.66. The Hall–Kier alpha value is -3.15. The fraction of sp³-hybridized carbons (Fsp3) is 0.286. The molecule has 0 N–H and O–H groups in total. The largest absolute Gasteiger partial charge is 0.497 e. The van der Waals surface area contributed by atoms with Crippen molar-refractivity contribution in [3.05, 3.63) is 66.1 Å². The predicted octanol–water partition coefficient (Wildman–Crippen LogP) is 3.84. The lowest BCUT2D eigenvalue weighted by atomic mass is 10.1. The second-order valence-corrected chi connectivity index (χ2v) is 6.15. The van der Waals surface area contributed by atoms with Gasteiger partial charge in [-0.15, -0.1) is 0 Å². The van der Waals surface area contributed by atoms with E-state index in [-0.39, 0.29) is 5.91 Å². The van der Waals surface area contributed by atoms with Crippen molar-refractivity contribution >= 4 is 5.91 Å². The molecule has 0 fully saturated rings. The summed E-state index contributed by atoms with van der Waals surface area (Å²) in [5, 5.41) is 4.03. The number of nitrogens with zero attached hydrogens (tertiary/aromatic N) is 3. The first-order chi connectivity index (χ1) is 13.2. The van der Waals surface area contributed by atoms with E-state index in [1.807, 2.05) is 35.2 Å². The summed E-state index contributed by atoms with van der Waals surface area (Å²) in [5.41, 5.74) is 1.55. The maximum atomic E-state index is 12.8. The van der Waals surface area contributed by atoms with Crippen LogP contribution in [0.25, 0.3) is 11.4 Å². The van der Waals surface area contributed by atoms with Crippen LogP contribution >= 0.6 is 0 Å². The molecule has 0 aliphatic heterocycles. The van der Waals surface area contributed by atoms with Gasteiger partial charge in [-0.1, -0.05) is 42.4 Å². The molecule has 0 radical (unpaired) electrons. The molecule has 1 heterocycles. The maximum Gasteiger partial charge on any atom is 0.253 e. The number of aromatic nitrogens is 2. The highest BCUT2D eigenvalue weighted by atomic mass is 16.5. The highest BCUT2D eigenvalue weighted by molar-refractivity contribution is 5.94. The van der Waals surface area contributed by atoms with Gasteiger partial charge in [0.05, 0.1) is 7.11 Å². The van der Waals surface area contributed by atoms with Crippen molar-refractivity contribution in [2.24, 2.45) is 0 Å². The van der Waals surface area contributed by atoms with Crippen molar-refractivity contribution in [3.63, 3.8) is 0 Å². The minimum atomic E-state index is -0.0118. The quantitative estimate of drug-likeness (QED) is 0.607. The van der Waals surface area contributed by atoms with Crippen LogP contribution in [0.15, 0.2) is 59.1 Å². The fourth-order valence-electron chi connectivity index (χ4n) is 2.79. The molecule has 3 aromatic rings. The number of rotatable bonds is 8. The second kappa shape index (κ2) is 8.98. The molecule has 0 bridgehead atoms. The third-order valence-electron chi connectivity index (χ3n) is 4.21. The van der Waals surface area contributed by atoms with Gasteiger partial charge in [-0.2, -0.15) is 4.98 Å². The molecule has 0 aliphatic rings. The topological polar surface area (TPSA) is 68.5 Å². The molecule has 140 valence electrons. The molecular formula is C21H23N3O3. The van der Waals surface area contributed by atoms with Crippen LogP contribution in [0.1, 0.15) is 29.6 Å². The van der Waals surface area contributed by atoms with Crippen LogP contribution in [0.2, 0.25) is 0 Å². The molecule has 27 heavy (non-hydrogen) atoms. The monoisotopic (exact) mass is 365 g/mol. The maximum absolute atomic E-state index is 12.8. The first-order valence-corrected chi connectivity index (χ1v) is 9.02. The first kappa shape index (κ1) is 18.6. The van der Waals surface area contributed by atoms with Crippen LogP contribution in [0, 0.1) is 0 Å². The van der Waals surface area contributed by atoms with E-state index < -0.39 is 0 Å². The van der Waals surface area contributed by atoms with Crippen LogP contribution < -0.4 is 4.74 Å². The Kier molecular flexibility index (Phi) is 6.20. The van der Waals surface area contributed by atoms with Crippen LogP contribution in [-0.4, -0.2) is 41.1 Å². The van der Waals surface area contributed by atoms with E-state index in [1.165, 1.54) is 0 Å². The van der Waals surface area contributed by atoms with Gasteiger partial charge in [-0.3, -0.25) is 4.79 Å². The molecule has 6 heteroatoms. The molecular weight excluding hydrogens is 342 g/mol. The molecule has 0 spiro atoms. The lowest BCUT2D eigenvalue weighted by Gasteiger charge is -2.21. The number of methoxy groups -OCH3 is 1. The summed E-state index contributed by atoms with van der Waals surface area (Å²) in [6.07, 6.45) is 1.39. The molecule has 0 atom stereocenters. The van der Waals surface area contributed by atoms with Crippen LogP contribution in [0.3, 0.4) is 0 Å². The molecule has 3 rings (SSSR count). The van der Waals surface area contributed by atoms with E-state index in [9.17, 15) is 4.79 Å². The van der Waals surface area contributed by atoms with Crippen molar-refractivity contribution in [1.82, 2.24) is 15.0 Å². The summed E-state index contributed by atoms with van der Waals surface area (Å²) >= 11 is 0. The minimum Gasteiger partial charge on any atom is -0.497 e. The molecule has 0 aliphatic carbocycles. The van der Waals surface area contributed by atoms with Crippen LogP contribution in [0.4, 0.5) is 0 Å². The highest BCUT2D eigenvalue weighted by Gasteiger charge is 2.17. The molecule has 0 unspecified atom stereocenters. The molecule has 0 saturated heterocycles. The average molecular weight is 365 g/mol. The smallest absolute Gasteiger partial charge is 0.253 e. The van der Waals surface area contributed by atoms with Gasteiger partial charge in [0, 0.05) is 30.6 Å². The van der Waals surface area contributed by atoms with Crippen molar-refractivity contribution < 1.29 is 14.1 Å². The number of ether oxygens (including phenoxy) is 1.